The van der Waals surface area contributed by atoms with Crippen molar-refractivity contribution >= 4 is 11.3 Å². The van der Waals surface area contributed by atoms with Crippen molar-refractivity contribution in [2.75, 3.05) is 33.0 Å². The molecule has 1 atom stereocenters. The van der Waals surface area contributed by atoms with Gasteiger partial charge in [0.2, 0.25) is 5.51 Å². The smallest absolute Gasteiger partial charge is 0.224 e. The van der Waals surface area contributed by atoms with Crippen LogP contribution in [0, 0.1) is 0 Å². The Labute approximate surface area is 222 Å². The molecule has 0 radical (unpaired) electrons. The van der Waals surface area contributed by atoms with Gasteiger partial charge in [0.05, 0.1) is 18.6 Å². The summed E-state index contributed by atoms with van der Waals surface area (Å²) in [5.41, 5.74) is 2.18. The molecule has 35 heavy (non-hydrogen) atoms. The van der Waals surface area contributed by atoms with Crippen molar-refractivity contribution in [2.45, 2.75) is 142 Å². The van der Waals surface area contributed by atoms with Gasteiger partial charge in [-0.05, 0) is 26.2 Å². The summed E-state index contributed by atoms with van der Waals surface area (Å²) >= 11 is 1.76. The Bertz CT molecular complexity index is 512. The van der Waals surface area contributed by atoms with Gasteiger partial charge >= 0.3 is 0 Å². The summed E-state index contributed by atoms with van der Waals surface area (Å²) in [5.74, 6) is 0. The largest absolute Gasteiger partial charge is 0.379 e. The van der Waals surface area contributed by atoms with E-state index in [2.05, 4.69) is 28.6 Å². The minimum atomic E-state index is 0.0710. The summed E-state index contributed by atoms with van der Waals surface area (Å²) in [6.45, 7) is 9.18. The van der Waals surface area contributed by atoms with E-state index in [0.29, 0.717) is 13.2 Å². The average molecular weight is 513 g/mol. The number of ether oxygens (including phenoxy) is 3. The van der Waals surface area contributed by atoms with Crippen molar-refractivity contribution in [2.24, 2.45) is 0 Å². The number of hydrogen-bond acceptors (Lipinski definition) is 4. The number of hydrogen-bond donors (Lipinski definition) is 0. The van der Waals surface area contributed by atoms with Crippen LogP contribution < -0.4 is 4.57 Å². The molecule has 1 unspecified atom stereocenters. The van der Waals surface area contributed by atoms with Crippen LogP contribution in [0.5, 0.6) is 0 Å². The molecule has 4 nitrogen and oxygen atoms in total. The van der Waals surface area contributed by atoms with Gasteiger partial charge in [-0.25, -0.2) is 0 Å². The maximum atomic E-state index is 5.89. The van der Waals surface area contributed by atoms with Crippen LogP contribution >= 0.6 is 11.3 Å². The number of rotatable bonds is 28. The molecule has 0 aliphatic carbocycles. The van der Waals surface area contributed by atoms with Gasteiger partial charge in [0.25, 0.3) is 0 Å². The highest BCUT2D eigenvalue weighted by atomic mass is 32.1. The zero-order valence-electron chi connectivity index (χ0n) is 23.4. The highest BCUT2D eigenvalue weighted by molar-refractivity contribution is 7.07. The highest BCUT2D eigenvalue weighted by Crippen LogP contribution is 2.13. The molecule has 0 spiro atoms. The molecule has 0 saturated heterocycles. The van der Waals surface area contributed by atoms with E-state index in [4.69, 9.17) is 14.2 Å². The fourth-order valence-electron chi connectivity index (χ4n) is 4.45. The summed E-state index contributed by atoms with van der Waals surface area (Å²) in [7, 11) is 0. The molecule has 1 rings (SSSR count). The van der Waals surface area contributed by atoms with Crippen molar-refractivity contribution < 1.29 is 18.8 Å². The predicted octanol–water partition coefficient (Wildman–Crippen LogP) is 8.52. The van der Waals surface area contributed by atoms with Crippen LogP contribution in [0.1, 0.15) is 129 Å². The second kappa shape index (κ2) is 26.6. The molecule has 0 amide bonds. The number of nitrogens with zero attached hydrogens (tertiary/aromatic N) is 1. The van der Waals surface area contributed by atoms with Crippen molar-refractivity contribution in [1.29, 1.82) is 0 Å². The van der Waals surface area contributed by atoms with Gasteiger partial charge in [-0.2, -0.15) is 4.57 Å². The molecule has 206 valence electrons. The SMILES string of the molecule is CCCCCCCCCCCCCCCCOCC(COCCCCCC[n+]1ccsc1)OCC. The number of thiazole rings is 1. The van der Waals surface area contributed by atoms with Gasteiger partial charge in [-0.3, -0.25) is 0 Å². The van der Waals surface area contributed by atoms with E-state index in [-0.39, 0.29) is 6.10 Å². The van der Waals surface area contributed by atoms with Gasteiger partial charge in [0.15, 0.2) is 6.20 Å². The first kappa shape index (κ1) is 32.5. The van der Waals surface area contributed by atoms with E-state index >= 15 is 0 Å². The lowest BCUT2D eigenvalue weighted by Gasteiger charge is -2.17. The van der Waals surface area contributed by atoms with Crippen LogP contribution in [0.25, 0.3) is 0 Å². The molecule has 0 fully saturated rings. The Morgan fingerprint density at radius 2 is 1.11 bits per heavy atom. The Morgan fingerprint density at radius 3 is 1.57 bits per heavy atom. The third kappa shape index (κ3) is 22.4. The van der Waals surface area contributed by atoms with Crippen molar-refractivity contribution in [3.8, 4) is 0 Å². The second-order valence-corrected chi connectivity index (χ2v) is 10.8. The van der Waals surface area contributed by atoms with E-state index in [1.165, 1.54) is 109 Å². The van der Waals surface area contributed by atoms with Crippen LogP contribution in [-0.2, 0) is 20.8 Å². The van der Waals surface area contributed by atoms with Crippen molar-refractivity contribution in [1.82, 2.24) is 0 Å². The van der Waals surface area contributed by atoms with Crippen LogP contribution in [0.4, 0.5) is 0 Å². The van der Waals surface area contributed by atoms with Crippen LogP contribution in [-0.4, -0.2) is 39.1 Å². The lowest BCUT2D eigenvalue weighted by atomic mass is 10.0. The molecular weight excluding hydrogens is 454 g/mol. The fraction of sp³-hybridized carbons (Fsp3) is 0.900. The molecule has 0 saturated carbocycles. The molecular formula is C30H58NO3S+. The summed E-state index contributed by atoms with van der Waals surface area (Å²) < 4.78 is 19.8. The molecule has 1 heterocycles. The minimum Gasteiger partial charge on any atom is -0.379 e. The maximum absolute atomic E-state index is 5.89. The molecule has 0 aliphatic rings. The molecule has 1 aromatic rings. The Hall–Kier alpha value is -0.490. The number of aromatic nitrogens is 1. The molecule has 0 bridgehead atoms. The number of aryl methyl sites for hydroxylation is 1. The molecule has 0 N–H and O–H groups in total. The van der Waals surface area contributed by atoms with Gasteiger partial charge in [-0.15, -0.1) is 0 Å². The fourth-order valence-corrected chi connectivity index (χ4v) is 5.08. The third-order valence-corrected chi connectivity index (χ3v) is 7.31. The van der Waals surface area contributed by atoms with Gasteiger partial charge < -0.3 is 14.2 Å². The minimum absolute atomic E-state index is 0.0710. The summed E-state index contributed by atoms with van der Waals surface area (Å²) in [5, 5.41) is 2.13. The van der Waals surface area contributed by atoms with E-state index in [1.54, 1.807) is 11.3 Å². The summed E-state index contributed by atoms with van der Waals surface area (Å²) in [4.78, 5) is 0. The lowest BCUT2D eigenvalue weighted by molar-refractivity contribution is -0.692. The molecule has 1 aromatic heterocycles. The van der Waals surface area contributed by atoms with Gasteiger partial charge in [-0.1, -0.05) is 108 Å². The van der Waals surface area contributed by atoms with Crippen LogP contribution in [0.2, 0.25) is 0 Å². The zero-order valence-corrected chi connectivity index (χ0v) is 24.2. The lowest BCUT2D eigenvalue weighted by Crippen LogP contribution is -2.29. The molecule has 0 aromatic carbocycles. The van der Waals surface area contributed by atoms with E-state index in [0.717, 1.165) is 32.8 Å². The van der Waals surface area contributed by atoms with Crippen molar-refractivity contribution in [3.63, 3.8) is 0 Å². The molecule has 5 heteroatoms. The Balaban J connectivity index is 1.81. The topological polar surface area (TPSA) is 31.6 Å². The van der Waals surface area contributed by atoms with E-state index in [9.17, 15) is 0 Å². The van der Waals surface area contributed by atoms with E-state index in [1.807, 2.05) is 6.92 Å². The highest BCUT2D eigenvalue weighted by Gasteiger charge is 2.09. The summed E-state index contributed by atoms with van der Waals surface area (Å²) in [6, 6.07) is 0. The first-order chi connectivity index (χ1) is 17.4. The first-order valence-corrected chi connectivity index (χ1v) is 16.0. The van der Waals surface area contributed by atoms with Gasteiger partial charge in [0.1, 0.15) is 12.6 Å². The Kier molecular flexibility index (Phi) is 24.7. The average Bonchev–Trinajstić information content (AvgIpc) is 3.39. The predicted molar refractivity (Wildman–Crippen MR) is 150 cm³/mol. The third-order valence-electron chi connectivity index (χ3n) is 6.63. The van der Waals surface area contributed by atoms with E-state index < -0.39 is 0 Å². The standard InChI is InChI=1S/C30H58NO3S/c1-3-5-6-7-8-9-10-11-12-13-14-15-17-20-24-32-27-30(34-4-2)28-33-25-21-18-16-19-22-31-23-26-35-29-31/h23,26,29-30H,3-22,24-25,27-28H2,1-2H3/q+1. The van der Waals surface area contributed by atoms with Crippen LogP contribution in [0.3, 0.4) is 0 Å². The van der Waals surface area contributed by atoms with Crippen LogP contribution in [0.15, 0.2) is 17.1 Å². The van der Waals surface area contributed by atoms with Gasteiger partial charge in [0, 0.05) is 26.2 Å². The molecule has 0 aliphatic heterocycles. The first-order valence-electron chi connectivity index (χ1n) is 15.0. The summed E-state index contributed by atoms with van der Waals surface area (Å²) in [6.07, 6.45) is 26.6. The monoisotopic (exact) mass is 512 g/mol. The zero-order chi connectivity index (χ0) is 25.1. The maximum Gasteiger partial charge on any atom is 0.224 e. The van der Waals surface area contributed by atoms with Crippen molar-refractivity contribution in [3.05, 3.63) is 17.1 Å². The quantitative estimate of drug-likeness (QED) is 0.0833. The number of unbranched alkanes of at least 4 members (excludes halogenated alkanes) is 16. The Morgan fingerprint density at radius 1 is 0.629 bits per heavy atom. The second-order valence-electron chi connectivity index (χ2n) is 10.0. The normalized spacial score (nSPS) is 12.4.